The molecule has 1 aliphatic rings. The van der Waals surface area contributed by atoms with Crippen LogP contribution in [0.2, 0.25) is 0 Å². The highest BCUT2D eigenvalue weighted by molar-refractivity contribution is 5.50. The van der Waals surface area contributed by atoms with Crippen molar-refractivity contribution >= 4 is 0 Å². The summed E-state index contributed by atoms with van der Waals surface area (Å²) in [5.74, 6) is 1.48. The van der Waals surface area contributed by atoms with Crippen LogP contribution in [-0.2, 0) is 12.8 Å². The number of H-pyrrole nitrogens is 1. The lowest BCUT2D eigenvalue weighted by Crippen LogP contribution is -2.22. The third-order valence-electron chi connectivity index (χ3n) is 3.39. The molecule has 1 atom stereocenters. The van der Waals surface area contributed by atoms with Crippen LogP contribution in [0, 0.1) is 5.92 Å². The van der Waals surface area contributed by atoms with Gasteiger partial charge in [-0.1, -0.05) is 6.07 Å². The Bertz CT molecular complexity index is 503. The Morgan fingerprint density at radius 1 is 1.41 bits per heavy atom. The van der Waals surface area contributed by atoms with Crippen molar-refractivity contribution in [2.45, 2.75) is 19.3 Å². The summed E-state index contributed by atoms with van der Waals surface area (Å²) < 4.78 is 0. The highest BCUT2D eigenvalue weighted by Gasteiger charge is 2.21. The summed E-state index contributed by atoms with van der Waals surface area (Å²) in [6, 6.07) is 5.87. The molecule has 3 N–H and O–H groups in total. The number of nitrogens with one attached hydrogen (secondary N) is 1. The van der Waals surface area contributed by atoms with Gasteiger partial charge in [-0.05, 0) is 43.9 Å². The number of hydrogen-bond acceptors (Lipinski definition) is 3. The van der Waals surface area contributed by atoms with Crippen molar-refractivity contribution in [1.82, 2.24) is 15.0 Å². The Hall–Kier alpha value is -1.68. The van der Waals surface area contributed by atoms with Gasteiger partial charge in [0, 0.05) is 11.9 Å². The summed E-state index contributed by atoms with van der Waals surface area (Å²) in [5, 5.41) is 0. The Balaban J connectivity index is 1.93. The van der Waals surface area contributed by atoms with Gasteiger partial charge in [0.15, 0.2) is 5.82 Å². The molecule has 0 saturated heterocycles. The van der Waals surface area contributed by atoms with E-state index in [1.54, 1.807) is 6.20 Å². The predicted molar refractivity (Wildman–Crippen MR) is 66.4 cm³/mol. The van der Waals surface area contributed by atoms with Gasteiger partial charge >= 0.3 is 0 Å². The first-order valence-electron chi connectivity index (χ1n) is 6.06. The van der Waals surface area contributed by atoms with Crippen LogP contribution >= 0.6 is 0 Å². The third-order valence-corrected chi connectivity index (χ3v) is 3.39. The van der Waals surface area contributed by atoms with Crippen molar-refractivity contribution in [2.24, 2.45) is 11.7 Å². The summed E-state index contributed by atoms with van der Waals surface area (Å²) in [6.07, 6.45) is 4.99. The molecule has 0 aliphatic heterocycles. The number of imidazole rings is 1. The van der Waals surface area contributed by atoms with Crippen molar-refractivity contribution in [1.29, 1.82) is 0 Å². The molecule has 2 heterocycles. The molecule has 4 heteroatoms. The van der Waals surface area contributed by atoms with E-state index >= 15 is 0 Å². The number of nitrogens with two attached hydrogens (primary N) is 1. The summed E-state index contributed by atoms with van der Waals surface area (Å²) in [7, 11) is 0. The molecular weight excluding hydrogens is 212 g/mol. The van der Waals surface area contributed by atoms with E-state index in [9.17, 15) is 0 Å². The monoisotopic (exact) mass is 228 g/mol. The van der Waals surface area contributed by atoms with E-state index in [4.69, 9.17) is 5.73 Å². The molecule has 4 nitrogen and oxygen atoms in total. The lowest BCUT2D eigenvalue weighted by atomic mass is 9.90. The third kappa shape index (κ3) is 1.96. The minimum atomic E-state index is 0.597. The summed E-state index contributed by atoms with van der Waals surface area (Å²) in [4.78, 5) is 12.3. The van der Waals surface area contributed by atoms with Gasteiger partial charge in [-0.2, -0.15) is 0 Å². The highest BCUT2D eigenvalue weighted by Crippen LogP contribution is 2.25. The van der Waals surface area contributed by atoms with Crippen molar-refractivity contribution in [3.05, 3.63) is 35.8 Å². The molecule has 0 saturated carbocycles. The zero-order valence-corrected chi connectivity index (χ0v) is 9.69. The molecule has 2 aromatic rings. The first kappa shape index (κ1) is 10.5. The topological polar surface area (TPSA) is 67.6 Å². The standard InChI is InChI=1S/C13H16N4/c14-8-9-4-5-10-12(7-9)17-13(16-10)11-3-1-2-6-15-11/h1-3,6,9H,4-5,7-8,14H2,(H,16,17). The largest absolute Gasteiger partial charge is 0.340 e. The zero-order valence-electron chi connectivity index (χ0n) is 9.69. The van der Waals surface area contributed by atoms with E-state index in [1.165, 1.54) is 11.4 Å². The van der Waals surface area contributed by atoms with E-state index in [1.807, 2.05) is 18.2 Å². The van der Waals surface area contributed by atoms with Crippen LogP contribution in [0.5, 0.6) is 0 Å². The van der Waals surface area contributed by atoms with Gasteiger partial charge in [-0.3, -0.25) is 4.98 Å². The molecule has 1 aliphatic carbocycles. The quantitative estimate of drug-likeness (QED) is 0.819. The molecule has 2 aromatic heterocycles. The fraction of sp³-hybridized carbons (Fsp3) is 0.385. The van der Waals surface area contributed by atoms with E-state index < -0.39 is 0 Å². The Labute approximate surface area is 100 Å². The van der Waals surface area contributed by atoms with Crippen LogP contribution in [0.15, 0.2) is 24.4 Å². The molecule has 17 heavy (non-hydrogen) atoms. The highest BCUT2D eigenvalue weighted by atomic mass is 15.0. The lowest BCUT2D eigenvalue weighted by molar-refractivity contribution is 0.461. The molecule has 0 amide bonds. The van der Waals surface area contributed by atoms with Gasteiger partial charge in [-0.25, -0.2) is 4.98 Å². The van der Waals surface area contributed by atoms with Gasteiger partial charge in [0.2, 0.25) is 0 Å². The van der Waals surface area contributed by atoms with Crippen LogP contribution < -0.4 is 5.73 Å². The van der Waals surface area contributed by atoms with Crippen molar-refractivity contribution in [3.8, 4) is 11.5 Å². The molecule has 0 radical (unpaired) electrons. The van der Waals surface area contributed by atoms with E-state index in [2.05, 4.69) is 15.0 Å². The number of rotatable bonds is 2. The van der Waals surface area contributed by atoms with Crippen molar-refractivity contribution < 1.29 is 0 Å². The number of nitrogens with zero attached hydrogens (tertiary/aromatic N) is 2. The number of aromatic nitrogens is 3. The van der Waals surface area contributed by atoms with Crippen LogP contribution in [0.1, 0.15) is 17.8 Å². The Morgan fingerprint density at radius 2 is 2.35 bits per heavy atom. The van der Waals surface area contributed by atoms with Crippen LogP contribution in [-0.4, -0.2) is 21.5 Å². The normalized spacial score (nSPS) is 19.0. The van der Waals surface area contributed by atoms with Crippen molar-refractivity contribution in [2.75, 3.05) is 6.54 Å². The molecule has 1 unspecified atom stereocenters. The van der Waals surface area contributed by atoms with E-state index in [-0.39, 0.29) is 0 Å². The fourth-order valence-corrected chi connectivity index (χ4v) is 2.38. The molecule has 0 fully saturated rings. The lowest BCUT2D eigenvalue weighted by Gasteiger charge is -2.18. The summed E-state index contributed by atoms with van der Waals surface area (Å²) in [6.45, 7) is 0.761. The number of fused-ring (bicyclic) bond motifs is 1. The number of pyridine rings is 1. The molecule has 0 aromatic carbocycles. The maximum atomic E-state index is 5.73. The van der Waals surface area contributed by atoms with Gasteiger partial charge in [-0.15, -0.1) is 0 Å². The fourth-order valence-electron chi connectivity index (χ4n) is 2.38. The van der Waals surface area contributed by atoms with Crippen LogP contribution in [0.25, 0.3) is 11.5 Å². The molecular formula is C13H16N4. The molecule has 3 rings (SSSR count). The molecule has 0 bridgehead atoms. The van der Waals surface area contributed by atoms with Gasteiger partial charge < -0.3 is 10.7 Å². The van der Waals surface area contributed by atoms with Gasteiger partial charge in [0.05, 0.1) is 5.69 Å². The molecule has 88 valence electrons. The maximum absolute atomic E-state index is 5.73. The number of hydrogen-bond donors (Lipinski definition) is 2. The SMILES string of the molecule is NCC1CCc2nc(-c3ccccn3)[nH]c2C1. The van der Waals surface area contributed by atoms with Crippen molar-refractivity contribution in [3.63, 3.8) is 0 Å². The summed E-state index contributed by atoms with van der Waals surface area (Å²) in [5.41, 5.74) is 9.07. The Morgan fingerprint density at radius 3 is 3.12 bits per heavy atom. The minimum Gasteiger partial charge on any atom is -0.340 e. The van der Waals surface area contributed by atoms with Gasteiger partial charge in [0.25, 0.3) is 0 Å². The van der Waals surface area contributed by atoms with Gasteiger partial charge in [0.1, 0.15) is 5.69 Å². The second kappa shape index (κ2) is 4.30. The Kier molecular flexibility index (Phi) is 2.65. The average molecular weight is 228 g/mol. The zero-order chi connectivity index (χ0) is 11.7. The summed E-state index contributed by atoms with van der Waals surface area (Å²) >= 11 is 0. The second-order valence-corrected chi connectivity index (χ2v) is 4.57. The maximum Gasteiger partial charge on any atom is 0.156 e. The predicted octanol–water partition coefficient (Wildman–Crippen LogP) is 1.54. The second-order valence-electron chi connectivity index (χ2n) is 4.57. The van der Waals surface area contributed by atoms with E-state index in [0.29, 0.717) is 5.92 Å². The molecule has 0 spiro atoms. The van der Waals surface area contributed by atoms with E-state index in [0.717, 1.165) is 37.3 Å². The smallest absolute Gasteiger partial charge is 0.156 e. The minimum absolute atomic E-state index is 0.597. The van der Waals surface area contributed by atoms with Crippen LogP contribution in [0.3, 0.4) is 0 Å². The average Bonchev–Trinajstić information content (AvgIpc) is 2.82. The number of aryl methyl sites for hydroxylation is 1. The number of aromatic amines is 1. The first-order valence-corrected chi connectivity index (χ1v) is 6.06. The first-order chi connectivity index (χ1) is 8.36. The van der Waals surface area contributed by atoms with Crippen LogP contribution in [0.4, 0.5) is 0 Å².